The molecule has 1 aliphatic heterocycles. The van der Waals surface area contributed by atoms with Gasteiger partial charge in [-0.15, -0.1) is 11.3 Å². The Labute approximate surface area is 158 Å². The molecule has 0 radical (unpaired) electrons. The molecule has 2 aromatic carbocycles. The van der Waals surface area contributed by atoms with Gasteiger partial charge in [0.15, 0.2) is 11.5 Å². The fraction of sp³-hybridized carbons (Fsp3) is 0.200. The Hall–Kier alpha value is -2.93. The van der Waals surface area contributed by atoms with Crippen molar-refractivity contribution in [2.24, 2.45) is 0 Å². The van der Waals surface area contributed by atoms with Crippen molar-refractivity contribution in [3.05, 3.63) is 53.6 Å². The summed E-state index contributed by atoms with van der Waals surface area (Å²) >= 11 is 1.44. The average molecular weight is 382 g/mol. The van der Waals surface area contributed by atoms with Gasteiger partial charge in [0, 0.05) is 11.1 Å². The lowest BCUT2D eigenvalue weighted by Crippen LogP contribution is -2.01. The zero-order valence-electron chi connectivity index (χ0n) is 14.5. The van der Waals surface area contributed by atoms with Crippen molar-refractivity contribution < 1.29 is 18.6 Å². The standard InChI is InChI=1S/C20H15FN2O3S/c1-2-16-22-18-17-12(21)4-3-5-15(17)27-19(18)20(23-16)24-9-11-6-7-13-14(8-11)26-10-25-13/h3-8H,2,9-10H2,1H3. The second-order valence-electron chi connectivity index (χ2n) is 6.17. The van der Waals surface area contributed by atoms with E-state index >= 15 is 0 Å². The number of aryl methyl sites for hydroxylation is 1. The van der Waals surface area contributed by atoms with E-state index in [0.29, 0.717) is 41.4 Å². The molecular formula is C20H15FN2O3S. The molecule has 7 heteroatoms. The lowest BCUT2D eigenvalue weighted by atomic mass is 10.2. The van der Waals surface area contributed by atoms with Crippen LogP contribution in [0.25, 0.3) is 20.3 Å². The first kappa shape index (κ1) is 16.3. The quantitative estimate of drug-likeness (QED) is 0.505. The number of nitrogens with zero attached hydrogens (tertiary/aromatic N) is 2. The molecule has 0 fully saturated rings. The minimum absolute atomic E-state index is 0.236. The monoisotopic (exact) mass is 382 g/mol. The van der Waals surface area contributed by atoms with E-state index in [1.54, 1.807) is 6.07 Å². The Kier molecular flexibility index (Phi) is 3.82. The number of fused-ring (bicyclic) bond motifs is 4. The van der Waals surface area contributed by atoms with Crippen LogP contribution in [0.15, 0.2) is 36.4 Å². The third-order valence-corrected chi connectivity index (χ3v) is 5.57. The summed E-state index contributed by atoms with van der Waals surface area (Å²) < 4.78 is 32.7. The van der Waals surface area contributed by atoms with Crippen LogP contribution in [0.3, 0.4) is 0 Å². The lowest BCUT2D eigenvalue weighted by molar-refractivity contribution is 0.174. The maximum Gasteiger partial charge on any atom is 0.235 e. The van der Waals surface area contributed by atoms with Gasteiger partial charge in [-0.05, 0) is 29.8 Å². The molecule has 0 bridgehead atoms. The predicted molar refractivity (Wildman–Crippen MR) is 101 cm³/mol. The second kappa shape index (κ2) is 6.35. The van der Waals surface area contributed by atoms with Gasteiger partial charge in [-0.2, -0.15) is 4.98 Å². The van der Waals surface area contributed by atoms with Crippen LogP contribution in [0, 0.1) is 5.82 Å². The zero-order valence-corrected chi connectivity index (χ0v) is 15.3. The number of hydrogen-bond acceptors (Lipinski definition) is 6. The Balaban J connectivity index is 1.56. The Morgan fingerprint density at radius 3 is 2.93 bits per heavy atom. The van der Waals surface area contributed by atoms with Crippen molar-refractivity contribution in [2.75, 3.05) is 6.79 Å². The number of hydrogen-bond donors (Lipinski definition) is 0. The first-order chi connectivity index (χ1) is 13.2. The molecule has 5 rings (SSSR count). The van der Waals surface area contributed by atoms with Crippen LogP contribution in [0.1, 0.15) is 18.3 Å². The van der Waals surface area contributed by atoms with Gasteiger partial charge in [-0.3, -0.25) is 0 Å². The van der Waals surface area contributed by atoms with Crippen LogP contribution in [0.4, 0.5) is 4.39 Å². The molecule has 0 saturated heterocycles. The molecule has 4 aromatic rings. The summed E-state index contributed by atoms with van der Waals surface area (Å²) in [6, 6.07) is 10.7. The lowest BCUT2D eigenvalue weighted by Gasteiger charge is -2.08. The third-order valence-electron chi connectivity index (χ3n) is 4.43. The second-order valence-corrected chi connectivity index (χ2v) is 7.22. The summed E-state index contributed by atoms with van der Waals surface area (Å²) in [7, 11) is 0. The fourth-order valence-corrected chi connectivity index (χ4v) is 4.20. The van der Waals surface area contributed by atoms with Crippen LogP contribution in [-0.2, 0) is 13.0 Å². The SMILES string of the molecule is CCc1nc(OCc2ccc3c(c2)OCO3)c2sc3cccc(F)c3c2n1. The number of aromatic nitrogens is 2. The molecule has 0 unspecified atom stereocenters. The summed E-state index contributed by atoms with van der Waals surface area (Å²) in [5.41, 5.74) is 1.55. The smallest absolute Gasteiger partial charge is 0.235 e. The Morgan fingerprint density at radius 1 is 1.15 bits per heavy atom. The highest BCUT2D eigenvalue weighted by molar-refractivity contribution is 7.26. The van der Waals surface area contributed by atoms with E-state index in [0.717, 1.165) is 20.7 Å². The molecule has 0 aliphatic carbocycles. The van der Waals surface area contributed by atoms with Crippen molar-refractivity contribution in [1.29, 1.82) is 0 Å². The molecule has 0 N–H and O–H groups in total. The molecule has 5 nitrogen and oxygen atoms in total. The number of rotatable bonds is 4. The molecule has 136 valence electrons. The number of halogens is 1. The van der Waals surface area contributed by atoms with Crippen molar-refractivity contribution in [3.63, 3.8) is 0 Å². The van der Waals surface area contributed by atoms with Gasteiger partial charge in [-0.1, -0.05) is 19.1 Å². The summed E-state index contributed by atoms with van der Waals surface area (Å²) in [4.78, 5) is 9.08. The average Bonchev–Trinajstić information content (AvgIpc) is 3.30. The molecule has 0 amide bonds. The highest BCUT2D eigenvalue weighted by Gasteiger charge is 2.18. The van der Waals surface area contributed by atoms with Crippen molar-refractivity contribution >= 4 is 31.6 Å². The maximum atomic E-state index is 14.4. The van der Waals surface area contributed by atoms with E-state index in [4.69, 9.17) is 14.2 Å². The van der Waals surface area contributed by atoms with Crippen molar-refractivity contribution in [2.45, 2.75) is 20.0 Å². The zero-order chi connectivity index (χ0) is 18.4. The van der Waals surface area contributed by atoms with Crippen LogP contribution >= 0.6 is 11.3 Å². The summed E-state index contributed by atoms with van der Waals surface area (Å²) in [5, 5.41) is 0.530. The van der Waals surface area contributed by atoms with Gasteiger partial charge in [0.2, 0.25) is 12.7 Å². The van der Waals surface area contributed by atoms with Crippen LogP contribution in [0.5, 0.6) is 17.4 Å². The summed E-state index contributed by atoms with van der Waals surface area (Å²) in [6.07, 6.45) is 0.641. The Morgan fingerprint density at radius 2 is 2.04 bits per heavy atom. The van der Waals surface area contributed by atoms with E-state index in [-0.39, 0.29) is 12.6 Å². The van der Waals surface area contributed by atoms with Crippen LogP contribution in [0.2, 0.25) is 0 Å². The van der Waals surface area contributed by atoms with E-state index in [1.165, 1.54) is 17.4 Å². The molecule has 0 spiro atoms. The topological polar surface area (TPSA) is 53.5 Å². The molecule has 0 atom stereocenters. The number of benzene rings is 2. The fourth-order valence-electron chi connectivity index (χ4n) is 3.10. The highest BCUT2D eigenvalue weighted by atomic mass is 32.1. The first-order valence-electron chi connectivity index (χ1n) is 8.62. The molecule has 3 heterocycles. The van der Waals surface area contributed by atoms with E-state index in [1.807, 2.05) is 31.2 Å². The minimum Gasteiger partial charge on any atom is -0.472 e. The molecule has 2 aromatic heterocycles. The van der Waals surface area contributed by atoms with Gasteiger partial charge in [0.1, 0.15) is 22.9 Å². The predicted octanol–water partition coefficient (Wildman–Crippen LogP) is 4.85. The van der Waals surface area contributed by atoms with E-state index in [9.17, 15) is 4.39 Å². The molecule has 0 saturated carbocycles. The Bertz CT molecular complexity index is 1180. The minimum atomic E-state index is -0.277. The summed E-state index contributed by atoms with van der Waals surface area (Å²) in [6.45, 7) is 2.52. The molecule has 1 aliphatic rings. The van der Waals surface area contributed by atoms with E-state index in [2.05, 4.69) is 9.97 Å². The van der Waals surface area contributed by atoms with Crippen molar-refractivity contribution in [1.82, 2.24) is 9.97 Å². The van der Waals surface area contributed by atoms with Gasteiger partial charge >= 0.3 is 0 Å². The molecule has 27 heavy (non-hydrogen) atoms. The van der Waals surface area contributed by atoms with Gasteiger partial charge in [0.25, 0.3) is 0 Å². The van der Waals surface area contributed by atoms with Crippen LogP contribution in [-0.4, -0.2) is 16.8 Å². The molecular weight excluding hydrogens is 367 g/mol. The number of ether oxygens (including phenoxy) is 3. The highest BCUT2D eigenvalue weighted by Crippen LogP contribution is 2.39. The van der Waals surface area contributed by atoms with Gasteiger partial charge in [0.05, 0.1) is 10.9 Å². The van der Waals surface area contributed by atoms with Gasteiger partial charge < -0.3 is 14.2 Å². The summed E-state index contributed by atoms with van der Waals surface area (Å²) in [5.74, 6) is 2.28. The first-order valence-corrected chi connectivity index (χ1v) is 9.43. The normalized spacial score (nSPS) is 12.8. The van der Waals surface area contributed by atoms with Crippen LogP contribution < -0.4 is 14.2 Å². The maximum absolute atomic E-state index is 14.4. The van der Waals surface area contributed by atoms with Crippen molar-refractivity contribution in [3.8, 4) is 17.4 Å². The van der Waals surface area contributed by atoms with E-state index < -0.39 is 0 Å². The largest absolute Gasteiger partial charge is 0.472 e. The third kappa shape index (κ3) is 2.75. The number of thiophene rings is 1. The van der Waals surface area contributed by atoms with Gasteiger partial charge in [-0.25, -0.2) is 9.37 Å².